The number of aromatic amines is 1. The highest BCUT2D eigenvalue weighted by Crippen LogP contribution is 2.08. The Balaban J connectivity index is 1.98. The van der Waals surface area contributed by atoms with Gasteiger partial charge in [0.2, 0.25) is 5.82 Å². The number of hydrogen-bond acceptors (Lipinski definition) is 5. The third kappa shape index (κ3) is 2.68. The van der Waals surface area contributed by atoms with Crippen LogP contribution in [0, 0.1) is 0 Å². The van der Waals surface area contributed by atoms with Gasteiger partial charge in [-0.25, -0.2) is 4.98 Å². The summed E-state index contributed by atoms with van der Waals surface area (Å²) in [6, 6.07) is -0.0384. The molecule has 0 aromatic carbocycles. The molecule has 1 aromatic heterocycles. The van der Waals surface area contributed by atoms with Crippen molar-refractivity contribution >= 4 is 5.91 Å². The summed E-state index contributed by atoms with van der Waals surface area (Å²) in [5.41, 5.74) is 0. The first-order valence-electron chi connectivity index (χ1n) is 6.08. The van der Waals surface area contributed by atoms with Gasteiger partial charge in [0.05, 0.1) is 12.1 Å². The number of amides is 1. The first kappa shape index (κ1) is 13.0. The molecule has 3 N–H and O–H groups in total. The maximum Gasteiger partial charge on any atom is 0.291 e. The maximum absolute atomic E-state index is 12.0. The lowest BCUT2D eigenvalue weighted by atomic mass is 10.2. The molecule has 7 nitrogen and oxygen atoms in total. The zero-order valence-electron chi connectivity index (χ0n) is 10.9. The number of carbonyl (C=O) groups is 1. The molecule has 1 fully saturated rings. The Morgan fingerprint density at radius 1 is 1.50 bits per heavy atom. The molecule has 1 amide bonds. The summed E-state index contributed by atoms with van der Waals surface area (Å²) in [5, 5.41) is 12.7. The van der Waals surface area contributed by atoms with Crippen molar-refractivity contribution in [3.8, 4) is 0 Å². The molecule has 2 atom stereocenters. The van der Waals surface area contributed by atoms with Gasteiger partial charge in [-0.2, -0.15) is 0 Å². The average molecular weight is 253 g/mol. The minimum atomic E-state index is -0.270. The highest BCUT2D eigenvalue weighted by atomic mass is 16.5. The highest BCUT2D eigenvalue weighted by molar-refractivity contribution is 5.90. The molecule has 1 aliphatic rings. The minimum absolute atomic E-state index is 0.00235. The van der Waals surface area contributed by atoms with E-state index in [-0.39, 0.29) is 29.8 Å². The summed E-state index contributed by atoms with van der Waals surface area (Å²) in [4.78, 5) is 16.1. The SMILES string of the molecule is CO[C@H]1CNCC1NC(=O)c1n[nH]c(C(C)C)n1. The van der Waals surface area contributed by atoms with Crippen LogP contribution in [0.25, 0.3) is 0 Å². The Morgan fingerprint density at radius 3 is 2.89 bits per heavy atom. The molecule has 0 aliphatic carbocycles. The van der Waals surface area contributed by atoms with Gasteiger partial charge < -0.3 is 15.4 Å². The summed E-state index contributed by atoms with van der Waals surface area (Å²) in [6.07, 6.45) is -0.00235. The lowest BCUT2D eigenvalue weighted by molar-refractivity contribution is 0.0772. The Labute approximate surface area is 106 Å². The molecule has 1 aliphatic heterocycles. The van der Waals surface area contributed by atoms with Crippen LogP contribution in [0.3, 0.4) is 0 Å². The topological polar surface area (TPSA) is 91.9 Å². The van der Waals surface area contributed by atoms with Crippen molar-refractivity contribution in [3.05, 3.63) is 11.6 Å². The van der Waals surface area contributed by atoms with E-state index in [1.165, 1.54) is 0 Å². The predicted molar refractivity (Wildman–Crippen MR) is 65.4 cm³/mol. The molecule has 2 heterocycles. The van der Waals surface area contributed by atoms with Gasteiger partial charge in [0.1, 0.15) is 5.82 Å². The van der Waals surface area contributed by atoms with Gasteiger partial charge in [-0.15, -0.1) is 5.10 Å². The smallest absolute Gasteiger partial charge is 0.291 e. The van der Waals surface area contributed by atoms with Crippen LogP contribution in [0.1, 0.15) is 36.2 Å². The lowest BCUT2D eigenvalue weighted by Gasteiger charge is -2.17. The normalized spacial score (nSPS) is 23.6. The molecule has 2 rings (SSSR count). The fourth-order valence-corrected chi connectivity index (χ4v) is 1.91. The molecular weight excluding hydrogens is 234 g/mol. The van der Waals surface area contributed by atoms with Gasteiger partial charge >= 0.3 is 0 Å². The Bertz CT molecular complexity index is 417. The lowest BCUT2D eigenvalue weighted by Crippen LogP contribution is -2.43. The number of rotatable bonds is 4. The van der Waals surface area contributed by atoms with Gasteiger partial charge in [0.25, 0.3) is 5.91 Å². The molecule has 1 unspecified atom stereocenters. The van der Waals surface area contributed by atoms with Gasteiger partial charge in [-0.05, 0) is 0 Å². The van der Waals surface area contributed by atoms with E-state index in [9.17, 15) is 4.79 Å². The molecule has 7 heteroatoms. The number of nitrogens with one attached hydrogen (secondary N) is 3. The summed E-state index contributed by atoms with van der Waals surface area (Å²) in [6.45, 7) is 5.42. The second-order valence-corrected chi connectivity index (χ2v) is 4.71. The van der Waals surface area contributed by atoms with E-state index in [1.807, 2.05) is 13.8 Å². The fraction of sp³-hybridized carbons (Fsp3) is 0.727. The summed E-state index contributed by atoms with van der Waals surface area (Å²) in [5.74, 6) is 0.848. The van der Waals surface area contributed by atoms with E-state index in [2.05, 4.69) is 25.8 Å². The van der Waals surface area contributed by atoms with E-state index < -0.39 is 0 Å². The zero-order valence-corrected chi connectivity index (χ0v) is 10.9. The van der Waals surface area contributed by atoms with Crippen molar-refractivity contribution < 1.29 is 9.53 Å². The molecule has 0 radical (unpaired) electrons. The standard InChI is InChI=1S/C11H19N5O2/c1-6(2)9-14-10(16-15-9)11(17)13-7-4-12-5-8(7)18-3/h6-8,12H,4-5H2,1-3H3,(H,13,17)(H,14,15,16)/t7?,8-/m0/s1. The molecule has 1 saturated heterocycles. The van der Waals surface area contributed by atoms with Crippen molar-refractivity contribution in [3.63, 3.8) is 0 Å². The molecule has 0 spiro atoms. The molecule has 0 bridgehead atoms. The number of ether oxygens (including phenoxy) is 1. The van der Waals surface area contributed by atoms with Gasteiger partial charge in [-0.3, -0.25) is 9.89 Å². The Morgan fingerprint density at radius 2 is 2.28 bits per heavy atom. The van der Waals surface area contributed by atoms with Crippen LogP contribution in [0.4, 0.5) is 0 Å². The van der Waals surface area contributed by atoms with Gasteiger partial charge in [-0.1, -0.05) is 13.8 Å². The van der Waals surface area contributed by atoms with E-state index in [1.54, 1.807) is 7.11 Å². The first-order valence-corrected chi connectivity index (χ1v) is 6.08. The van der Waals surface area contributed by atoms with Crippen LogP contribution in [0.2, 0.25) is 0 Å². The number of aromatic nitrogens is 3. The zero-order chi connectivity index (χ0) is 13.1. The van der Waals surface area contributed by atoms with Crippen LogP contribution >= 0.6 is 0 Å². The van der Waals surface area contributed by atoms with Crippen molar-refractivity contribution in [2.24, 2.45) is 0 Å². The summed E-state index contributed by atoms with van der Waals surface area (Å²) < 4.78 is 5.28. The number of carbonyl (C=O) groups excluding carboxylic acids is 1. The molecule has 18 heavy (non-hydrogen) atoms. The van der Waals surface area contributed by atoms with Crippen LogP contribution in [-0.4, -0.2) is 53.4 Å². The quantitative estimate of drug-likeness (QED) is 0.682. The number of nitrogens with zero attached hydrogens (tertiary/aromatic N) is 2. The summed E-state index contributed by atoms with van der Waals surface area (Å²) in [7, 11) is 1.64. The van der Waals surface area contributed by atoms with Crippen molar-refractivity contribution in [1.82, 2.24) is 25.8 Å². The van der Waals surface area contributed by atoms with Crippen LogP contribution in [0.5, 0.6) is 0 Å². The summed E-state index contributed by atoms with van der Waals surface area (Å²) >= 11 is 0. The second-order valence-electron chi connectivity index (χ2n) is 4.71. The third-order valence-corrected chi connectivity index (χ3v) is 3.03. The highest BCUT2D eigenvalue weighted by Gasteiger charge is 2.29. The maximum atomic E-state index is 12.0. The minimum Gasteiger partial charge on any atom is -0.378 e. The van der Waals surface area contributed by atoms with Crippen molar-refractivity contribution in [1.29, 1.82) is 0 Å². The van der Waals surface area contributed by atoms with Crippen LogP contribution < -0.4 is 10.6 Å². The second kappa shape index (κ2) is 5.45. The number of hydrogen-bond donors (Lipinski definition) is 3. The van der Waals surface area contributed by atoms with Crippen molar-refractivity contribution in [2.75, 3.05) is 20.2 Å². The average Bonchev–Trinajstić information content (AvgIpc) is 2.96. The van der Waals surface area contributed by atoms with Gasteiger partial charge in [0, 0.05) is 26.1 Å². The largest absolute Gasteiger partial charge is 0.378 e. The molecule has 1 aromatic rings. The third-order valence-electron chi connectivity index (χ3n) is 3.03. The molecule has 100 valence electrons. The fourth-order valence-electron chi connectivity index (χ4n) is 1.91. The molecular formula is C11H19N5O2. The molecule has 0 saturated carbocycles. The number of H-pyrrole nitrogens is 1. The van der Waals surface area contributed by atoms with Gasteiger partial charge in [0.15, 0.2) is 0 Å². The number of methoxy groups -OCH3 is 1. The van der Waals surface area contributed by atoms with Crippen LogP contribution in [0.15, 0.2) is 0 Å². The Hall–Kier alpha value is -1.47. The predicted octanol–water partition coefficient (Wildman–Crippen LogP) is -0.355. The van der Waals surface area contributed by atoms with Crippen LogP contribution in [-0.2, 0) is 4.74 Å². The van der Waals surface area contributed by atoms with Crippen molar-refractivity contribution in [2.45, 2.75) is 31.9 Å². The van der Waals surface area contributed by atoms with E-state index in [4.69, 9.17) is 4.74 Å². The van der Waals surface area contributed by atoms with E-state index >= 15 is 0 Å². The van der Waals surface area contributed by atoms with E-state index in [0.29, 0.717) is 12.4 Å². The van der Waals surface area contributed by atoms with E-state index in [0.717, 1.165) is 6.54 Å². The first-order chi connectivity index (χ1) is 8.61. The Kier molecular flexibility index (Phi) is 3.93. The monoisotopic (exact) mass is 253 g/mol.